The molecule has 0 spiro atoms. The lowest BCUT2D eigenvalue weighted by Gasteiger charge is -2.39. The van der Waals surface area contributed by atoms with Crippen LogP contribution in [0.15, 0.2) is 24.3 Å². The van der Waals surface area contributed by atoms with Crippen LogP contribution in [-0.4, -0.2) is 0 Å². The Morgan fingerprint density at radius 1 is 0.815 bits per heavy atom. The van der Waals surface area contributed by atoms with Gasteiger partial charge in [0.15, 0.2) is 0 Å². The highest BCUT2D eigenvalue weighted by atomic mass is 14.4. The molecule has 0 heteroatoms. The van der Waals surface area contributed by atoms with Crippen molar-refractivity contribution in [1.29, 1.82) is 0 Å². The summed E-state index contributed by atoms with van der Waals surface area (Å²) in [6.45, 7) is 14.7. The third kappa shape index (κ3) is 5.18. The summed E-state index contributed by atoms with van der Waals surface area (Å²) in [6, 6.07) is 9.81. The van der Waals surface area contributed by atoms with Crippen molar-refractivity contribution in [2.45, 2.75) is 92.4 Å². The fourth-order valence-corrected chi connectivity index (χ4v) is 6.47. The van der Waals surface area contributed by atoms with Crippen molar-refractivity contribution < 1.29 is 0 Å². The van der Waals surface area contributed by atoms with E-state index < -0.39 is 0 Å². The van der Waals surface area contributed by atoms with Crippen molar-refractivity contribution >= 4 is 0 Å². The summed E-state index contributed by atoms with van der Waals surface area (Å²) in [5.74, 6) is 6.88. The molecule has 27 heavy (non-hydrogen) atoms. The van der Waals surface area contributed by atoms with E-state index >= 15 is 0 Å². The van der Waals surface area contributed by atoms with Gasteiger partial charge >= 0.3 is 0 Å². The molecule has 1 aromatic carbocycles. The van der Waals surface area contributed by atoms with Crippen LogP contribution in [0.25, 0.3) is 0 Å². The van der Waals surface area contributed by atoms with Crippen molar-refractivity contribution in [3.05, 3.63) is 35.4 Å². The average Bonchev–Trinajstić information content (AvgIpc) is 2.61. The minimum atomic E-state index is 0.778. The maximum absolute atomic E-state index is 2.61. The standard InChI is InChI=1S/C27H44/c1-18(2)25-12-10-20(5)14-24(25)17-22-8-7-9-23(16-22)27-15-21(6)11-13-26(27)19(3)4/h7-9,16,18-21,24-27H,10-15,17H2,1-6H3. The Labute approximate surface area is 169 Å². The molecule has 2 aliphatic carbocycles. The topological polar surface area (TPSA) is 0 Å². The van der Waals surface area contributed by atoms with Gasteiger partial charge in [-0.25, -0.2) is 0 Å². The zero-order valence-corrected chi connectivity index (χ0v) is 18.9. The monoisotopic (exact) mass is 368 g/mol. The molecule has 6 atom stereocenters. The van der Waals surface area contributed by atoms with Gasteiger partial charge in [0.05, 0.1) is 0 Å². The van der Waals surface area contributed by atoms with Gasteiger partial charge < -0.3 is 0 Å². The Kier molecular flexibility index (Phi) is 7.09. The number of benzene rings is 1. The fourth-order valence-electron chi connectivity index (χ4n) is 6.47. The van der Waals surface area contributed by atoms with Gasteiger partial charge in [-0.15, -0.1) is 0 Å². The summed E-state index contributed by atoms with van der Waals surface area (Å²) in [5.41, 5.74) is 3.25. The van der Waals surface area contributed by atoms with Crippen LogP contribution in [0.2, 0.25) is 0 Å². The van der Waals surface area contributed by atoms with Gasteiger partial charge in [-0.1, -0.05) is 78.6 Å². The molecule has 152 valence electrons. The van der Waals surface area contributed by atoms with E-state index in [0.29, 0.717) is 0 Å². The van der Waals surface area contributed by atoms with E-state index in [2.05, 4.69) is 65.8 Å². The molecular weight excluding hydrogens is 324 g/mol. The summed E-state index contributed by atoms with van der Waals surface area (Å²) in [7, 11) is 0. The van der Waals surface area contributed by atoms with E-state index in [1.54, 1.807) is 11.1 Å². The van der Waals surface area contributed by atoms with Gasteiger partial charge in [0, 0.05) is 0 Å². The van der Waals surface area contributed by atoms with Gasteiger partial charge in [0.1, 0.15) is 0 Å². The molecule has 2 aliphatic rings. The van der Waals surface area contributed by atoms with Gasteiger partial charge in [-0.2, -0.15) is 0 Å². The molecule has 0 saturated heterocycles. The van der Waals surface area contributed by atoms with Gasteiger partial charge in [-0.05, 0) is 90.6 Å². The SMILES string of the molecule is CC1CCC(C(C)C)C(Cc2cccc(C3CC(C)CCC3C(C)C)c2)C1. The van der Waals surface area contributed by atoms with E-state index in [4.69, 9.17) is 0 Å². The Bertz CT molecular complexity index is 583. The lowest BCUT2D eigenvalue weighted by molar-refractivity contribution is 0.144. The molecule has 0 aromatic heterocycles. The number of rotatable bonds is 5. The quantitative estimate of drug-likeness (QED) is 0.492. The third-order valence-electron chi connectivity index (χ3n) is 8.06. The van der Waals surface area contributed by atoms with Crippen molar-refractivity contribution in [3.63, 3.8) is 0 Å². The molecule has 0 amide bonds. The van der Waals surface area contributed by atoms with Crippen LogP contribution in [0.4, 0.5) is 0 Å². The first-order valence-electron chi connectivity index (χ1n) is 11.9. The Morgan fingerprint density at radius 3 is 2.11 bits per heavy atom. The van der Waals surface area contributed by atoms with Crippen LogP contribution < -0.4 is 0 Å². The predicted molar refractivity (Wildman–Crippen MR) is 119 cm³/mol. The zero-order valence-electron chi connectivity index (χ0n) is 18.9. The summed E-state index contributed by atoms with van der Waals surface area (Å²) in [6.07, 6.45) is 9.85. The summed E-state index contributed by atoms with van der Waals surface area (Å²) in [4.78, 5) is 0. The first-order valence-corrected chi connectivity index (χ1v) is 11.9. The van der Waals surface area contributed by atoms with Gasteiger partial charge in [0.25, 0.3) is 0 Å². The van der Waals surface area contributed by atoms with E-state index in [0.717, 1.165) is 47.3 Å². The molecule has 0 radical (unpaired) electrons. The summed E-state index contributed by atoms with van der Waals surface area (Å²) < 4.78 is 0. The zero-order chi connectivity index (χ0) is 19.6. The first kappa shape index (κ1) is 20.9. The second kappa shape index (κ2) is 9.15. The third-order valence-corrected chi connectivity index (χ3v) is 8.06. The van der Waals surface area contributed by atoms with E-state index in [1.165, 1.54) is 44.9 Å². The molecule has 2 fully saturated rings. The minimum Gasteiger partial charge on any atom is -0.0625 e. The van der Waals surface area contributed by atoms with Crippen molar-refractivity contribution in [3.8, 4) is 0 Å². The van der Waals surface area contributed by atoms with Crippen LogP contribution in [0, 0.1) is 41.4 Å². The summed E-state index contributed by atoms with van der Waals surface area (Å²) >= 11 is 0. The molecule has 1 aromatic rings. The van der Waals surface area contributed by atoms with Crippen LogP contribution in [0.3, 0.4) is 0 Å². The Morgan fingerprint density at radius 2 is 1.44 bits per heavy atom. The second-order valence-electron chi connectivity index (χ2n) is 11.0. The fraction of sp³-hybridized carbons (Fsp3) is 0.778. The molecule has 0 bridgehead atoms. The Balaban J connectivity index is 1.78. The van der Waals surface area contributed by atoms with E-state index in [1.807, 2.05) is 0 Å². The molecule has 6 unspecified atom stereocenters. The molecule has 0 N–H and O–H groups in total. The highest BCUT2D eigenvalue weighted by Crippen LogP contribution is 2.45. The van der Waals surface area contributed by atoms with Gasteiger partial charge in [0.2, 0.25) is 0 Å². The molecule has 0 aliphatic heterocycles. The average molecular weight is 369 g/mol. The minimum absolute atomic E-state index is 0.778. The Hall–Kier alpha value is -0.780. The van der Waals surface area contributed by atoms with E-state index in [-0.39, 0.29) is 0 Å². The highest BCUT2D eigenvalue weighted by molar-refractivity contribution is 5.28. The molecule has 2 saturated carbocycles. The lowest BCUT2D eigenvalue weighted by atomic mass is 9.66. The lowest BCUT2D eigenvalue weighted by Crippen LogP contribution is -2.29. The number of hydrogen-bond donors (Lipinski definition) is 0. The summed E-state index contributed by atoms with van der Waals surface area (Å²) in [5, 5.41) is 0. The van der Waals surface area contributed by atoms with Crippen molar-refractivity contribution in [2.75, 3.05) is 0 Å². The molecule has 3 rings (SSSR count). The predicted octanol–water partition coefficient (Wildman–Crippen LogP) is 8.11. The maximum Gasteiger partial charge on any atom is -0.0129 e. The van der Waals surface area contributed by atoms with Crippen LogP contribution in [0.5, 0.6) is 0 Å². The van der Waals surface area contributed by atoms with Crippen molar-refractivity contribution in [1.82, 2.24) is 0 Å². The first-order chi connectivity index (χ1) is 12.8. The molecule has 0 heterocycles. The van der Waals surface area contributed by atoms with Crippen LogP contribution in [-0.2, 0) is 6.42 Å². The number of hydrogen-bond acceptors (Lipinski definition) is 0. The normalized spacial score (nSPS) is 35.0. The maximum atomic E-state index is 2.61. The van der Waals surface area contributed by atoms with Crippen molar-refractivity contribution in [2.24, 2.45) is 41.4 Å². The van der Waals surface area contributed by atoms with Crippen LogP contribution >= 0.6 is 0 Å². The second-order valence-corrected chi connectivity index (χ2v) is 11.0. The van der Waals surface area contributed by atoms with Gasteiger partial charge in [-0.3, -0.25) is 0 Å². The smallest absolute Gasteiger partial charge is 0.0129 e. The highest BCUT2D eigenvalue weighted by Gasteiger charge is 2.33. The largest absolute Gasteiger partial charge is 0.0625 e. The van der Waals surface area contributed by atoms with Crippen LogP contribution in [0.1, 0.15) is 97.1 Å². The molecular formula is C27H44. The van der Waals surface area contributed by atoms with E-state index in [9.17, 15) is 0 Å². The molecule has 0 nitrogen and oxygen atoms in total.